The number of hydrogen-bond donors (Lipinski definition) is 2. The molecule has 236 valence electrons. The Hall–Kier alpha value is -3.25. The number of allylic oxidation sites excluding steroid dienone is 1. The van der Waals surface area contributed by atoms with Gasteiger partial charge in [-0.15, -0.1) is 0 Å². The molecule has 0 spiro atoms. The highest BCUT2D eigenvalue weighted by Gasteiger charge is 2.26. The number of hydrogen-bond acceptors (Lipinski definition) is 8. The Morgan fingerprint density at radius 3 is 1.73 bits per heavy atom. The van der Waals surface area contributed by atoms with E-state index in [4.69, 9.17) is 32.7 Å². The Morgan fingerprint density at radius 1 is 0.773 bits per heavy atom. The molecule has 0 bridgehead atoms. The number of anilines is 2. The van der Waals surface area contributed by atoms with Crippen LogP contribution in [0.1, 0.15) is 37.8 Å². The van der Waals surface area contributed by atoms with Gasteiger partial charge in [-0.1, -0.05) is 43.6 Å². The smallest absolute Gasteiger partial charge is 0.240 e. The number of rotatable bonds is 4. The lowest BCUT2D eigenvalue weighted by Gasteiger charge is -2.31. The first-order valence-electron chi connectivity index (χ1n) is 14.6. The van der Waals surface area contributed by atoms with E-state index in [9.17, 15) is 13.6 Å². The number of halogens is 4. The van der Waals surface area contributed by atoms with Crippen molar-refractivity contribution in [2.75, 3.05) is 62.4 Å². The molecular formula is C31H36Cl2F2N6O3. The van der Waals surface area contributed by atoms with Crippen LogP contribution in [0.4, 0.5) is 20.2 Å². The number of nitrogens with zero attached hydrogens (tertiary/aromatic N) is 4. The summed E-state index contributed by atoms with van der Waals surface area (Å²) in [6.07, 6.45) is 1.12. The third-order valence-electron chi connectivity index (χ3n) is 7.89. The molecule has 4 aliphatic rings. The number of benzene rings is 2. The summed E-state index contributed by atoms with van der Waals surface area (Å²) >= 11 is 13.0. The van der Waals surface area contributed by atoms with Crippen molar-refractivity contribution in [1.29, 1.82) is 0 Å². The second-order valence-electron chi connectivity index (χ2n) is 11.2. The van der Waals surface area contributed by atoms with Crippen molar-refractivity contribution in [1.82, 2.24) is 10.9 Å². The van der Waals surface area contributed by atoms with Gasteiger partial charge in [0.1, 0.15) is 17.3 Å². The van der Waals surface area contributed by atoms with Crippen molar-refractivity contribution in [3.63, 3.8) is 0 Å². The number of ether oxygens (including phenoxy) is 2. The minimum atomic E-state index is -0.622. The minimum absolute atomic E-state index is 0.0276. The van der Waals surface area contributed by atoms with Crippen LogP contribution < -0.4 is 20.7 Å². The molecule has 0 unspecified atom stereocenters. The molecule has 2 aromatic rings. The Bertz CT molecular complexity index is 1320. The number of amides is 1. The molecule has 2 atom stereocenters. The summed E-state index contributed by atoms with van der Waals surface area (Å²) in [5.74, 6) is -1.33. The van der Waals surface area contributed by atoms with Crippen LogP contribution in [0, 0.1) is 23.5 Å². The van der Waals surface area contributed by atoms with Gasteiger partial charge in [-0.3, -0.25) is 10.2 Å². The molecule has 13 heteroatoms. The van der Waals surface area contributed by atoms with Gasteiger partial charge in [0.2, 0.25) is 5.91 Å². The van der Waals surface area contributed by atoms with E-state index in [2.05, 4.69) is 39.5 Å². The highest BCUT2D eigenvalue weighted by Crippen LogP contribution is 2.37. The monoisotopic (exact) mass is 648 g/mol. The molecule has 2 fully saturated rings. The van der Waals surface area contributed by atoms with Gasteiger partial charge < -0.3 is 19.3 Å². The highest BCUT2D eigenvalue weighted by molar-refractivity contribution is 6.39. The van der Waals surface area contributed by atoms with E-state index in [0.717, 1.165) is 42.2 Å². The van der Waals surface area contributed by atoms with Gasteiger partial charge in [0.05, 0.1) is 53.6 Å². The van der Waals surface area contributed by atoms with Gasteiger partial charge in [0.15, 0.2) is 0 Å². The van der Waals surface area contributed by atoms with Crippen molar-refractivity contribution < 1.29 is 23.0 Å². The van der Waals surface area contributed by atoms with Crippen molar-refractivity contribution >= 4 is 51.9 Å². The average molecular weight is 650 g/mol. The maximum atomic E-state index is 14.4. The van der Waals surface area contributed by atoms with Crippen LogP contribution in [-0.2, 0) is 14.3 Å². The van der Waals surface area contributed by atoms with E-state index < -0.39 is 11.6 Å². The van der Waals surface area contributed by atoms with Crippen LogP contribution in [0.25, 0.3) is 0 Å². The molecule has 0 aromatic heterocycles. The summed E-state index contributed by atoms with van der Waals surface area (Å²) in [5.41, 5.74) is 9.87. The van der Waals surface area contributed by atoms with Gasteiger partial charge in [-0.05, 0) is 30.7 Å². The second kappa shape index (κ2) is 14.2. The van der Waals surface area contributed by atoms with Crippen LogP contribution in [-0.4, -0.2) is 69.9 Å². The maximum Gasteiger partial charge on any atom is 0.240 e. The zero-order chi connectivity index (χ0) is 31.4. The van der Waals surface area contributed by atoms with Crippen LogP contribution in [0.3, 0.4) is 0 Å². The molecule has 2 aromatic carbocycles. The third-order valence-corrected chi connectivity index (χ3v) is 8.47. The Morgan fingerprint density at radius 2 is 1.23 bits per heavy atom. The number of morpholine rings is 2. The van der Waals surface area contributed by atoms with E-state index >= 15 is 0 Å². The molecule has 9 nitrogen and oxygen atoms in total. The predicted molar refractivity (Wildman–Crippen MR) is 170 cm³/mol. The average Bonchev–Trinajstić information content (AvgIpc) is 2.98. The molecule has 1 amide bonds. The molecule has 6 rings (SSSR count). The van der Waals surface area contributed by atoms with Gasteiger partial charge in [-0.25, -0.2) is 14.2 Å². The number of carbonyl (C=O) groups excluding carboxylic acids is 1. The molecule has 0 radical (unpaired) electrons. The summed E-state index contributed by atoms with van der Waals surface area (Å²) in [4.78, 5) is 15.1. The summed E-state index contributed by atoms with van der Waals surface area (Å²) in [5, 5.41) is 9.65. The zero-order valence-electron chi connectivity index (χ0n) is 24.8. The Kier molecular flexibility index (Phi) is 10.4. The summed E-state index contributed by atoms with van der Waals surface area (Å²) < 4.78 is 39.4. The summed E-state index contributed by atoms with van der Waals surface area (Å²) in [7, 11) is 0. The number of carbonyl (C=O) groups is 1. The molecule has 0 aliphatic carbocycles. The number of nitrogens with one attached hydrogen (secondary N) is 2. The first kappa shape index (κ1) is 32.2. The lowest BCUT2D eigenvalue weighted by molar-refractivity contribution is -0.121. The fraction of sp³-hybridized carbons (Fsp3) is 0.452. The Labute approximate surface area is 265 Å². The quantitative estimate of drug-likeness (QED) is 0.465. The van der Waals surface area contributed by atoms with Crippen molar-refractivity contribution in [2.45, 2.75) is 26.7 Å². The fourth-order valence-corrected chi connectivity index (χ4v) is 6.44. The van der Waals surface area contributed by atoms with Crippen LogP contribution >= 0.6 is 23.2 Å². The predicted octanol–water partition coefficient (Wildman–Crippen LogP) is 5.34. The van der Waals surface area contributed by atoms with Gasteiger partial charge in [-0.2, -0.15) is 10.2 Å². The van der Waals surface area contributed by atoms with E-state index in [1.165, 1.54) is 12.1 Å². The molecule has 44 heavy (non-hydrogen) atoms. The summed E-state index contributed by atoms with van der Waals surface area (Å²) in [6.45, 7) is 12.7. The molecular weight excluding hydrogens is 613 g/mol. The van der Waals surface area contributed by atoms with Crippen LogP contribution in [0.5, 0.6) is 0 Å². The lowest BCUT2D eigenvalue weighted by atomic mass is 9.93. The maximum absolute atomic E-state index is 14.4. The van der Waals surface area contributed by atoms with Crippen LogP contribution in [0.2, 0.25) is 10.0 Å². The second-order valence-corrected chi connectivity index (χ2v) is 12.0. The first-order valence-corrected chi connectivity index (χ1v) is 15.4. The molecule has 4 heterocycles. The van der Waals surface area contributed by atoms with Gasteiger partial charge in [0, 0.05) is 61.3 Å². The molecule has 2 saturated heterocycles. The minimum Gasteiger partial charge on any atom is -0.378 e. The van der Waals surface area contributed by atoms with E-state index in [-0.39, 0.29) is 29.9 Å². The van der Waals surface area contributed by atoms with Crippen molar-refractivity contribution in [2.24, 2.45) is 22.0 Å². The highest BCUT2D eigenvalue weighted by atomic mass is 35.5. The topological polar surface area (TPSA) is 90.8 Å². The Balaban J connectivity index is 0.000000175. The van der Waals surface area contributed by atoms with E-state index in [1.54, 1.807) is 4.90 Å². The van der Waals surface area contributed by atoms with Crippen LogP contribution in [0.15, 0.2) is 46.7 Å². The first-order chi connectivity index (χ1) is 21.1. The SMILES string of the molecule is C=C1C[C@@H](C)C(c2cc(Cl)c(N3CCOCC3)c(Cl)c2)=NN1.C[C@@H]1CC(=O)NN=C1c1cc(F)c(N2CCOCC2)c(F)c1. The zero-order valence-corrected chi connectivity index (χ0v) is 26.3. The molecule has 4 aliphatic heterocycles. The van der Waals surface area contributed by atoms with Crippen molar-refractivity contribution in [3.8, 4) is 0 Å². The standard InChI is InChI=1S/C16H19Cl2N3O.C15H17F2N3O2/c1-10-7-11(2)19-20-15(10)12-8-13(17)16(14(18)9-12)21-3-5-22-6-4-21;1-9-6-13(21)18-19-14(9)10-7-11(16)15(12(17)8-10)20-2-4-22-5-3-20/h8-10,19H,2-7H2,1H3;7-9H,2-6H2,1H3,(H,18,21)/t10-;9-/m11/s1. The molecule has 0 saturated carbocycles. The van der Waals surface area contributed by atoms with E-state index in [1.807, 2.05) is 19.1 Å². The lowest BCUT2D eigenvalue weighted by Crippen LogP contribution is -2.37. The van der Waals surface area contributed by atoms with E-state index in [0.29, 0.717) is 60.8 Å². The third kappa shape index (κ3) is 7.34. The normalized spacial score (nSPS) is 22.3. The van der Waals surface area contributed by atoms with Crippen molar-refractivity contribution in [3.05, 3.63) is 69.3 Å². The molecule has 2 N–H and O–H groups in total. The van der Waals surface area contributed by atoms with Gasteiger partial charge in [0.25, 0.3) is 0 Å². The largest absolute Gasteiger partial charge is 0.378 e. The summed E-state index contributed by atoms with van der Waals surface area (Å²) in [6, 6.07) is 6.45. The fourth-order valence-electron chi connectivity index (χ4n) is 5.72. The number of hydrazone groups is 2. The van der Waals surface area contributed by atoms with Gasteiger partial charge >= 0.3 is 0 Å².